The molecule has 0 atom stereocenters. The lowest BCUT2D eigenvalue weighted by Crippen LogP contribution is -2.21. The Morgan fingerprint density at radius 3 is 1.95 bits per heavy atom. The predicted molar refractivity (Wildman–Crippen MR) is 173 cm³/mol. The number of rotatable bonds is 4. The molecule has 0 N–H and O–H groups in total. The van der Waals surface area contributed by atoms with Gasteiger partial charge in [0, 0.05) is 47.0 Å². The monoisotopic (exact) mass is 554 g/mol. The van der Waals surface area contributed by atoms with Crippen LogP contribution in [0.15, 0.2) is 139 Å². The van der Waals surface area contributed by atoms with Gasteiger partial charge in [-0.3, -0.25) is 14.6 Å². The van der Waals surface area contributed by atoms with Crippen molar-refractivity contribution in [3.8, 4) is 0 Å². The van der Waals surface area contributed by atoms with Crippen molar-refractivity contribution in [2.24, 2.45) is 0 Å². The molecule has 0 amide bonds. The number of hydrogen-bond donors (Lipinski definition) is 0. The van der Waals surface area contributed by atoms with Gasteiger partial charge in [0.1, 0.15) is 0 Å². The maximum absolute atomic E-state index is 13.3. The summed E-state index contributed by atoms with van der Waals surface area (Å²) in [5, 5.41) is 4.33. The highest BCUT2D eigenvalue weighted by atomic mass is 16.2. The van der Waals surface area contributed by atoms with Gasteiger partial charge in [-0.2, -0.15) is 0 Å². The lowest BCUT2D eigenvalue weighted by Gasteiger charge is -2.31. The number of pyridine rings is 1. The maximum atomic E-state index is 13.3. The third-order valence-corrected chi connectivity index (χ3v) is 8.53. The summed E-state index contributed by atoms with van der Waals surface area (Å²) in [4.78, 5) is 33.2. The largest absolute Gasteiger partial charge is 0.314 e. The topological polar surface area (TPSA) is 50.3 Å². The van der Waals surface area contributed by atoms with Crippen molar-refractivity contribution in [1.82, 2.24) is 4.98 Å². The first kappa shape index (κ1) is 25.1. The van der Waals surface area contributed by atoms with E-state index < -0.39 is 0 Å². The molecule has 0 bridgehead atoms. The molecule has 4 nitrogen and oxygen atoms in total. The second-order valence-electron chi connectivity index (χ2n) is 11.1. The summed E-state index contributed by atoms with van der Waals surface area (Å²) in [6, 6.07) is 36.8. The minimum Gasteiger partial charge on any atom is -0.314 e. The quantitative estimate of drug-likeness (QED) is 0.162. The van der Waals surface area contributed by atoms with E-state index in [2.05, 4.69) is 70.6 Å². The Morgan fingerprint density at radius 2 is 1.26 bits per heavy atom. The van der Waals surface area contributed by atoms with E-state index in [1.54, 1.807) is 6.08 Å². The van der Waals surface area contributed by atoms with E-state index in [-0.39, 0.29) is 17.1 Å². The first-order valence-corrected chi connectivity index (χ1v) is 14.5. The zero-order chi connectivity index (χ0) is 28.9. The SMILES string of the molecule is O=C1C(=Cc2ccc3c(c2)CC=C(N(c2ccncc2)c2ccc4ccccc4c2)C3)C(=O)c2cc3ccccc3cc21. The highest BCUT2D eigenvalue weighted by Gasteiger charge is 2.33. The van der Waals surface area contributed by atoms with Crippen molar-refractivity contribution in [2.45, 2.75) is 12.8 Å². The number of Topliss-reactive ketones (excluding diaryl/α,β-unsaturated/α-hetero) is 2. The molecule has 0 aliphatic heterocycles. The van der Waals surface area contributed by atoms with E-state index in [4.69, 9.17) is 0 Å². The Labute approximate surface area is 249 Å². The number of fused-ring (bicyclic) bond motifs is 4. The minimum atomic E-state index is -0.200. The van der Waals surface area contributed by atoms with Gasteiger partial charge in [0.15, 0.2) is 11.6 Å². The van der Waals surface area contributed by atoms with Crippen molar-refractivity contribution in [3.05, 3.63) is 167 Å². The molecule has 0 unspecified atom stereocenters. The van der Waals surface area contributed by atoms with Gasteiger partial charge in [-0.15, -0.1) is 0 Å². The summed E-state index contributed by atoms with van der Waals surface area (Å²) in [6.45, 7) is 0. The molecule has 4 heteroatoms. The molecule has 1 aromatic heterocycles. The van der Waals surface area contributed by atoms with E-state index in [9.17, 15) is 9.59 Å². The van der Waals surface area contributed by atoms with Gasteiger partial charge < -0.3 is 4.90 Å². The van der Waals surface area contributed by atoms with E-state index in [1.807, 2.05) is 67.0 Å². The van der Waals surface area contributed by atoms with Gasteiger partial charge in [0.05, 0.1) is 5.57 Å². The summed E-state index contributed by atoms with van der Waals surface area (Å²) >= 11 is 0. The fraction of sp³-hybridized carbons (Fsp3) is 0.0513. The van der Waals surface area contributed by atoms with Crippen molar-refractivity contribution in [2.75, 3.05) is 4.90 Å². The number of nitrogens with zero attached hydrogens (tertiary/aromatic N) is 2. The van der Waals surface area contributed by atoms with Crippen LogP contribution in [-0.4, -0.2) is 16.6 Å². The van der Waals surface area contributed by atoms with Gasteiger partial charge in [0.25, 0.3) is 0 Å². The molecule has 0 saturated carbocycles. The third kappa shape index (κ3) is 4.36. The Balaban J connectivity index is 1.12. The number of carbonyl (C=O) groups excluding carboxylic acids is 2. The first-order valence-electron chi connectivity index (χ1n) is 14.5. The highest BCUT2D eigenvalue weighted by Crippen LogP contribution is 2.36. The minimum absolute atomic E-state index is 0.200. The van der Waals surface area contributed by atoms with Crippen LogP contribution in [0.5, 0.6) is 0 Å². The van der Waals surface area contributed by atoms with Gasteiger partial charge >= 0.3 is 0 Å². The molecule has 0 fully saturated rings. The van der Waals surface area contributed by atoms with Crippen molar-refractivity contribution in [1.29, 1.82) is 0 Å². The molecule has 8 rings (SSSR count). The van der Waals surface area contributed by atoms with Gasteiger partial charge in [0.2, 0.25) is 0 Å². The molecule has 1 heterocycles. The molecule has 0 radical (unpaired) electrons. The molecular weight excluding hydrogens is 528 g/mol. The zero-order valence-corrected chi connectivity index (χ0v) is 23.3. The van der Waals surface area contributed by atoms with Crippen LogP contribution in [0, 0.1) is 0 Å². The van der Waals surface area contributed by atoms with Gasteiger partial charge in [-0.05, 0) is 87.1 Å². The van der Waals surface area contributed by atoms with Crippen molar-refractivity contribution in [3.63, 3.8) is 0 Å². The van der Waals surface area contributed by atoms with E-state index in [0.29, 0.717) is 11.1 Å². The molecule has 6 aromatic rings. The van der Waals surface area contributed by atoms with Crippen molar-refractivity contribution >= 4 is 50.6 Å². The number of carbonyl (C=O) groups is 2. The van der Waals surface area contributed by atoms with Crippen LogP contribution in [-0.2, 0) is 12.8 Å². The van der Waals surface area contributed by atoms with Crippen LogP contribution in [0.25, 0.3) is 27.6 Å². The van der Waals surface area contributed by atoms with E-state index >= 15 is 0 Å². The lowest BCUT2D eigenvalue weighted by atomic mass is 9.91. The van der Waals surface area contributed by atoms with Crippen LogP contribution in [0.3, 0.4) is 0 Å². The number of ketones is 2. The summed E-state index contributed by atoms with van der Waals surface area (Å²) in [6.07, 6.45) is 9.21. The van der Waals surface area contributed by atoms with E-state index in [0.717, 1.165) is 40.6 Å². The van der Waals surface area contributed by atoms with Crippen LogP contribution in [0.4, 0.5) is 11.4 Å². The average Bonchev–Trinajstić information content (AvgIpc) is 3.28. The maximum Gasteiger partial charge on any atom is 0.197 e. The molecule has 0 spiro atoms. The van der Waals surface area contributed by atoms with Crippen molar-refractivity contribution < 1.29 is 9.59 Å². The Hall–Kier alpha value is -5.61. The Bertz CT molecular complexity index is 2120. The number of hydrogen-bond acceptors (Lipinski definition) is 4. The fourth-order valence-electron chi connectivity index (χ4n) is 6.36. The Kier molecular flexibility index (Phi) is 5.86. The lowest BCUT2D eigenvalue weighted by molar-refractivity contribution is 0.0990. The number of allylic oxidation sites excluding steroid dienone is 3. The molecule has 5 aromatic carbocycles. The van der Waals surface area contributed by atoms with E-state index in [1.165, 1.54) is 27.6 Å². The molecule has 43 heavy (non-hydrogen) atoms. The van der Waals surface area contributed by atoms with Gasteiger partial charge in [-0.1, -0.05) is 78.9 Å². The summed E-state index contributed by atoms with van der Waals surface area (Å²) in [7, 11) is 0. The van der Waals surface area contributed by atoms with Crippen LogP contribution in [0.2, 0.25) is 0 Å². The molecule has 2 aliphatic rings. The standard InChI is InChI=1S/C39H26N2O2/c42-38-35-23-28-7-3-4-8-29(28)24-36(35)39(43)37(38)20-25-9-10-31-22-34(14-12-30(31)19-25)41(32-15-17-40-18-16-32)33-13-11-26-5-1-2-6-27(26)21-33/h1-11,13-21,23-24H,12,22H2. The Morgan fingerprint density at radius 1 is 0.605 bits per heavy atom. The summed E-state index contributed by atoms with van der Waals surface area (Å²) < 4.78 is 0. The predicted octanol–water partition coefficient (Wildman–Crippen LogP) is 8.67. The number of aromatic nitrogens is 1. The smallest absolute Gasteiger partial charge is 0.197 e. The fourth-order valence-corrected chi connectivity index (χ4v) is 6.36. The van der Waals surface area contributed by atoms with Crippen LogP contribution in [0.1, 0.15) is 37.4 Å². The summed E-state index contributed by atoms with van der Waals surface area (Å²) in [5.41, 5.74) is 7.88. The third-order valence-electron chi connectivity index (χ3n) is 8.53. The molecule has 204 valence electrons. The molecule has 2 aliphatic carbocycles. The second kappa shape index (κ2) is 10.0. The zero-order valence-electron chi connectivity index (χ0n) is 23.3. The number of benzene rings is 5. The first-order chi connectivity index (χ1) is 21.1. The average molecular weight is 555 g/mol. The van der Waals surface area contributed by atoms with Crippen LogP contribution >= 0.6 is 0 Å². The normalized spacial score (nSPS) is 14.0. The molecular formula is C39H26N2O2. The van der Waals surface area contributed by atoms with Gasteiger partial charge in [-0.25, -0.2) is 0 Å². The molecule has 0 saturated heterocycles. The second-order valence-corrected chi connectivity index (χ2v) is 11.1. The summed E-state index contributed by atoms with van der Waals surface area (Å²) in [5.74, 6) is -0.400. The van der Waals surface area contributed by atoms with Crippen LogP contribution < -0.4 is 4.90 Å². The highest BCUT2D eigenvalue weighted by molar-refractivity contribution is 6.42. The number of anilines is 2.